The molecule has 0 spiro atoms. The largest absolute Gasteiger partial charge is 0.506 e. The van der Waals surface area contributed by atoms with E-state index in [-0.39, 0.29) is 12.4 Å². The van der Waals surface area contributed by atoms with E-state index < -0.39 is 5.91 Å². The van der Waals surface area contributed by atoms with E-state index in [4.69, 9.17) is 9.47 Å². The van der Waals surface area contributed by atoms with E-state index in [2.05, 4.69) is 42.4 Å². The van der Waals surface area contributed by atoms with E-state index in [9.17, 15) is 9.90 Å². The van der Waals surface area contributed by atoms with Crippen LogP contribution >= 0.6 is 31.9 Å². The predicted molar refractivity (Wildman–Crippen MR) is 122 cm³/mol. The van der Waals surface area contributed by atoms with Gasteiger partial charge in [-0.05, 0) is 79.4 Å². The number of amides is 1. The van der Waals surface area contributed by atoms with Gasteiger partial charge in [-0.3, -0.25) is 4.79 Å². The molecule has 154 valence electrons. The number of hydrogen-bond acceptors (Lipinski definition) is 5. The molecular weight excluding hydrogens is 516 g/mol. The van der Waals surface area contributed by atoms with Gasteiger partial charge >= 0.3 is 0 Å². The van der Waals surface area contributed by atoms with Gasteiger partial charge < -0.3 is 14.6 Å². The summed E-state index contributed by atoms with van der Waals surface area (Å²) in [7, 11) is 0. The molecule has 0 bridgehead atoms. The molecule has 0 fully saturated rings. The average Bonchev–Trinajstić information content (AvgIpc) is 2.76. The molecule has 0 unspecified atom stereocenters. The highest BCUT2D eigenvalue weighted by Crippen LogP contribution is 2.32. The van der Waals surface area contributed by atoms with Gasteiger partial charge in [-0.15, -0.1) is 0 Å². The minimum absolute atomic E-state index is 0.0982. The molecule has 0 aliphatic rings. The lowest BCUT2D eigenvalue weighted by Gasteiger charge is -2.08. The minimum atomic E-state index is -0.396. The Balaban J connectivity index is 1.43. The Morgan fingerprint density at radius 1 is 0.967 bits per heavy atom. The van der Waals surface area contributed by atoms with E-state index in [0.29, 0.717) is 32.6 Å². The SMILES string of the molecule is O=C(COc1ccc(OCc2ccccc2)cc1)NN=Cc1cc(Br)c(O)c(Br)c1. The second-order valence-corrected chi connectivity index (χ2v) is 7.87. The van der Waals surface area contributed by atoms with Crippen LogP contribution in [0.25, 0.3) is 0 Å². The van der Waals surface area contributed by atoms with Crippen molar-refractivity contribution in [3.8, 4) is 17.2 Å². The Labute approximate surface area is 190 Å². The van der Waals surface area contributed by atoms with Crippen molar-refractivity contribution in [1.82, 2.24) is 5.43 Å². The Bertz CT molecular complexity index is 1000. The molecule has 2 N–H and O–H groups in total. The summed E-state index contributed by atoms with van der Waals surface area (Å²) < 4.78 is 12.2. The second kappa shape index (κ2) is 10.8. The van der Waals surface area contributed by atoms with E-state index in [1.54, 1.807) is 36.4 Å². The molecule has 3 aromatic rings. The summed E-state index contributed by atoms with van der Waals surface area (Å²) in [4.78, 5) is 11.9. The van der Waals surface area contributed by atoms with Gasteiger partial charge in [-0.2, -0.15) is 5.10 Å². The topological polar surface area (TPSA) is 80.2 Å². The van der Waals surface area contributed by atoms with Crippen molar-refractivity contribution < 1.29 is 19.4 Å². The monoisotopic (exact) mass is 532 g/mol. The maximum absolute atomic E-state index is 11.9. The van der Waals surface area contributed by atoms with Crippen LogP contribution in [-0.4, -0.2) is 23.8 Å². The van der Waals surface area contributed by atoms with Crippen LogP contribution in [0.1, 0.15) is 11.1 Å². The van der Waals surface area contributed by atoms with Gasteiger partial charge in [0.05, 0.1) is 15.2 Å². The molecule has 6 nitrogen and oxygen atoms in total. The van der Waals surface area contributed by atoms with Gasteiger partial charge in [-0.1, -0.05) is 30.3 Å². The number of halogens is 2. The highest BCUT2D eigenvalue weighted by Gasteiger charge is 2.05. The molecule has 0 aliphatic carbocycles. The van der Waals surface area contributed by atoms with Crippen molar-refractivity contribution >= 4 is 44.0 Å². The normalized spacial score (nSPS) is 10.7. The number of hydrazone groups is 1. The van der Waals surface area contributed by atoms with Crippen LogP contribution in [0.2, 0.25) is 0 Å². The lowest BCUT2D eigenvalue weighted by molar-refractivity contribution is -0.123. The molecule has 1 amide bonds. The molecule has 8 heteroatoms. The molecule has 0 saturated carbocycles. The summed E-state index contributed by atoms with van der Waals surface area (Å²) in [6, 6.07) is 20.3. The summed E-state index contributed by atoms with van der Waals surface area (Å²) in [6.07, 6.45) is 1.46. The Kier molecular flexibility index (Phi) is 7.87. The summed E-state index contributed by atoms with van der Waals surface area (Å²) in [6.45, 7) is 0.306. The number of rotatable bonds is 8. The Morgan fingerprint density at radius 2 is 1.57 bits per heavy atom. The summed E-state index contributed by atoms with van der Waals surface area (Å²) in [5.41, 5.74) is 4.17. The van der Waals surface area contributed by atoms with Gasteiger partial charge in [-0.25, -0.2) is 5.43 Å². The summed E-state index contributed by atoms with van der Waals surface area (Å²) >= 11 is 6.47. The van der Waals surface area contributed by atoms with Crippen LogP contribution in [-0.2, 0) is 11.4 Å². The Morgan fingerprint density at radius 3 is 2.20 bits per heavy atom. The molecule has 3 rings (SSSR count). The maximum atomic E-state index is 11.9. The average molecular weight is 534 g/mol. The third-order valence-corrected chi connectivity index (χ3v) is 5.09. The van der Waals surface area contributed by atoms with Gasteiger partial charge in [0.1, 0.15) is 23.9 Å². The van der Waals surface area contributed by atoms with Crippen LogP contribution < -0.4 is 14.9 Å². The molecule has 0 atom stereocenters. The van der Waals surface area contributed by atoms with E-state index in [0.717, 1.165) is 5.56 Å². The van der Waals surface area contributed by atoms with Crippen molar-refractivity contribution in [2.24, 2.45) is 5.10 Å². The second-order valence-electron chi connectivity index (χ2n) is 6.16. The first-order chi connectivity index (χ1) is 14.5. The van der Waals surface area contributed by atoms with Gasteiger partial charge in [0, 0.05) is 0 Å². The number of ether oxygens (including phenoxy) is 2. The molecule has 3 aromatic carbocycles. The number of nitrogens with one attached hydrogen (secondary N) is 1. The number of hydrogen-bond donors (Lipinski definition) is 2. The van der Waals surface area contributed by atoms with Crippen molar-refractivity contribution in [3.05, 3.63) is 86.8 Å². The van der Waals surface area contributed by atoms with Gasteiger partial charge in [0.2, 0.25) is 0 Å². The molecule has 0 aliphatic heterocycles. The molecule has 0 radical (unpaired) electrons. The molecular formula is C22H18Br2N2O4. The number of aromatic hydroxyl groups is 1. The third-order valence-electron chi connectivity index (χ3n) is 3.88. The van der Waals surface area contributed by atoms with Gasteiger partial charge in [0.25, 0.3) is 5.91 Å². The third kappa shape index (κ3) is 6.60. The first-order valence-electron chi connectivity index (χ1n) is 8.91. The highest BCUT2D eigenvalue weighted by atomic mass is 79.9. The quantitative estimate of drug-likeness (QED) is 0.314. The maximum Gasteiger partial charge on any atom is 0.277 e. The van der Waals surface area contributed by atoms with Crippen molar-refractivity contribution in [1.29, 1.82) is 0 Å². The lowest BCUT2D eigenvalue weighted by Crippen LogP contribution is -2.24. The van der Waals surface area contributed by atoms with E-state index in [1.165, 1.54) is 6.21 Å². The molecule has 0 aromatic heterocycles. The predicted octanol–water partition coefficient (Wildman–Crippen LogP) is 5.03. The number of phenolic OH excluding ortho intramolecular Hbond substituents is 1. The lowest BCUT2D eigenvalue weighted by atomic mass is 10.2. The van der Waals surface area contributed by atoms with Crippen LogP contribution in [0.15, 0.2) is 80.8 Å². The summed E-state index contributed by atoms with van der Waals surface area (Å²) in [5.74, 6) is 0.965. The zero-order valence-corrected chi connectivity index (χ0v) is 18.9. The summed E-state index contributed by atoms with van der Waals surface area (Å²) in [5, 5.41) is 13.6. The zero-order valence-electron chi connectivity index (χ0n) is 15.7. The first-order valence-corrected chi connectivity index (χ1v) is 10.5. The van der Waals surface area contributed by atoms with Crippen LogP contribution in [0.4, 0.5) is 0 Å². The molecule has 0 heterocycles. The molecule has 0 saturated heterocycles. The number of nitrogens with zero attached hydrogens (tertiary/aromatic N) is 1. The van der Waals surface area contributed by atoms with Crippen LogP contribution in [0, 0.1) is 0 Å². The fraction of sp³-hybridized carbons (Fsp3) is 0.0909. The number of carbonyl (C=O) groups is 1. The fourth-order valence-electron chi connectivity index (χ4n) is 2.39. The molecule has 30 heavy (non-hydrogen) atoms. The standard InChI is InChI=1S/C22H18Br2N2O4/c23-19-10-16(11-20(24)22(19)28)12-25-26-21(27)14-30-18-8-6-17(7-9-18)29-13-15-4-2-1-3-5-15/h1-12,28H,13-14H2,(H,26,27). The van der Waals surface area contributed by atoms with E-state index >= 15 is 0 Å². The number of phenols is 1. The highest BCUT2D eigenvalue weighted by molar-refractivity contribution is 9.11. The van der Waals surface area contributed by atoms with E-state index in [1.807, 2.05) is 30.3 Å². The van der Waals surface area contributed by atoms with Crippen molar-refractivity contribution in [3.63, 3.8) is 0 Å². The van der Waals surface area contributed by atoms with Gasteiger partial charge in [0.15, 0.2) is 6.61 Å². The van der Waals surface area contributed by atoms with Crippen molar-refractivity contribution in [2.75, 3.05) is 6.61 Å². The van der Waals surface area contributed by atoms with Crippen molar-refractivity contribution in [2.45, 2.75) is 6.61 Å². The number of carbonyl (C=O) groups excluding carboxylic acids is 1. The number of benzene rings is 3. The smallest absolute Gasteiger partial charge is 0.277 e. The van der Waals surface area contributed by atoms with Crippen LogP contribution in [0.3, 0.4) is 0 Å². The Hall–Kier alpha value is -2.84. The minimum Gasteiger partial charge on any atom is -0.506 e. The van der Waals surface area contributed by atoms with Crippen LogP contribution in [0.5, 0.6) is 17.2 Å². The first kappa shape index (κ1) is 21.9. The zero-order chi connectivity index (χ0) is 21.3. The fourth-order valence-corrected chi connectivity index (χ4v) is 3.61.